The second kappa shape index (κ2) is 14.5. The summed E-state index contributed by atoms with van der Waals surface area (Å²) in [5.74, 6) is -0.539. The van der Waals surface area contributed by atoms with Gasteiger partial charge in [0.2, 0.25) is 21.8 Å². The average Bonchev–Trinajstić information content (AvgIpc) is 2.89. The van der Waals surface area contributed by atoms with Gasteiger partial charge in [-0.15, -0.1) is 0 Å². The van der Waals surface area contributed by atoms with Gasteiger partial charge in [0, 0.05) is 42.0 Å². The maximum atomic E-state index is 13.8. The Hall–Kier alpha value is -3.07. The zero-order valence-electron chi connectivity index (χ0n) is 22.9. The molecule has 0 aromatic heterocycles. The number of carbonyl (C=O) groups is 2. The largest absolute Gasteiger partial charge is 0.352 e. The molecule has 0 aliphatic rings. The quantitative estimate of drug-likeness (QED) is 0.271. The van der Waals surface area contributed by atoms with Crippen LogP contribution in [0.15, 0.2) is 78.9 Å². The van der Waals surface area contributed by atoms with Crippen molar-refractivity contribution in [2.75, 3.05) is 17.1 Å². The minimum absolute atomic E-state index is 0.0321. The highest BCUT2D eigenvalue weighted by atomic mass is 35.5. The summed E-state index contributed by atoms with van der Waals surface area (Å²) in [6, 6.07) is 22.3. The van der Waals surface area contributed by atoms with Crippen LogP contribution in [-0.4, -0.2) is 50.0 Å². The number of rotatable bonds is 13. The molecule has 2 amide bonds. The number of nitrogens with one attached hydrogen (secondary N) is 1. The van der Waals surface area contributed by atoms with E-state index in [1.54, 1.807) is 41.3 Å². The summed E-state index contributed by atoms with van der Waals surface area (Å²) in [5.41, 5.74) is 2.09. The number of carbonyl (C=O) groups excluding carboxylic acids is 2. The van der Waals surface area contributed by atoms with E-state index in [0.29, 0.717) is 27.7 Å². The van der Waals surface area contributed by atoms with Crippen molar-refractivity contribution in [2.45, 2.75) is 51.7 Å². The van der Waals surface area contributed by atoms with Gasteiger partial charge >= 0.3 is 0 Å². The molecular weight excluding hydrogens is 569 g/mol. The molecule has 1 N–H and O–H groups in total. The second-order valence-corrected chi connectivity index (χ2v) is 12.6. The molecule has 3 aromatic carbocycles. The van der Waals surface area contributed by atoms with Crippen LogP contribution >= 0.6 is 23.2 Å². The Kier molecular flexibility index (Phi) is 11.4. The van der Waals surface area contributed by atoms with Crippen molar-refractivity contribution < 1.29 is 18.0 Å². The van der Waals surface area contributed by atoms with Gasteiger partial charge in [-0.3, -0.25) is 13.9 Å². The van der Waals surface area contributed by atoms with Crippen molar-refractivity contribution in [1.82, 2.24) is 10.2 Å². The van der Waals surface area contributed by atoms with E-state index in [1.165, 1.54) is 4.31 Å². The van der Waals surface area contributed by atoms with E-state index in [1.807, 2.05) is 56.3 Å². The van der Waals surface area contributed by atoms with Crippen molar-refractivity contribution in [2.24, 2.45) is 0 Å². The van der Waals surface area contributed by atoms with Crippen LogP contribution in [0.1, 0.15) is 37.8 Å². The average molecular weight is 605 g/mol. The van der Waals surface area contributed by atoms with E-state index in [4.69, 9.17) is 23.2 Å². The minimum Gasteiger partial charge on any atom is -0.352 e. The van der Waals surface area contributed by atoms with E-state index in [9.17, 15) is 18.0 Å². The Morgan fingerprint density at radius 3 is 2.12 bits per heavy atom. The first kappa shape index (κ1) is 31.5. The Morgan fingerprint density at radius 1 is 0.900 bits per heavy atom. The topological polar surface area (TPSA) is 86.8 Å². The third-order valence-electron chi connectivity index (χ3n) is 6.27. The van der Waals surface area contributed by atoms with Crippen molar-refractivity contribution in [3.63, 3.8) is 0 Å². The monoisotopic (exact) mass is 603 g/mol. The number of amides is 2. The van der Waals surface area contributed by atoms with Crippen LogP contribution in [0.2, 0.25) is 10.0 Å². The van der Waals surface area contributed by atoms with E-state index >= 15 is 0 Å². The molecule has 3 rings (SSSR count). The van der Waals surface area contributed by atoms with Crippen LogP contribution < -0.4 is 9.62 Å². The summed E-state index contributed by atoms with van der Waals surface area (Å²) in [6.07, 6.45) is 1.72. The van der Waals surface area contributed by atoms with Crippen LogP contribution in [0.3, 0.4) is 0 Å². The number of anilines is 1. The molecule has 214 valence electrons. The summed E-state index contributed by atoms with van der Waals surface area (Å²) in [6.45, 7) is 3.96. The van der Waals surface area contributed by atoms with Crippen LogP contribution in [-0.2, 0) is 32.6 Å². The molecular formula is C30H35Cl2N3O4S. The molecule has 0 bridgehead atoms. The molecule has 0 aliphatic carbocycles. The SMILES string of the molecule is CC(C)NC(=O)[C@@H](Cc1ccccc1)N(Cc1ccccc1Cl)C(=O)CCCN(c1ccc(Cl)cc1)S(C)(=O)=O. The number of hydrogen-bond donors (Lipinski definition) is 1. The highest BCUT2D eigenvalue weighted by molar-refractivity contribution is 7.92. The highest BCUT2D eigenvalue weighted by Crippen LogP contribution is 2.23. The van der Waals surface area contributed by atoms with Gasteiger partial charge in [-0.25, -0.2) is 8.42 Å². The molecule has 0 unspecified atom stereocenters. The van der Waals surface area contributed by atoms with E-state index in [-0.39, 0.29) is 43.8 Å². The van der Waals surface area contributed by atoms with Crippen molar-refractivity contribution in [3.05, 3.63) is 100 Å². The fourth-order valence-corrected chi connectivity index (χ4v) is 5.64. The van der Waals surface area contributed by atoms with Gasteiger partial charge in [0.25, 0.3) is 0 Å². The molecule has 0 fully saturated rings. The maximum absolute atomic E-state index is 13.8. The van der Waals surface area contributed by atoms with Gasteiger partial charge in [0.15, 0.2) is 0 Å². The van der Waals surface area contributed by atoms with Crippen molar-refractivity contribution in [1.29, 1.82) is 0 Å². The maximum Gasteiger partial charge on any atom is 0.243 e. The molecule has 0 heterocycles. The Morgan fingerprint density at radius 2 is 1.52 bits per heavy atom. The lowest BCUT2D eigenvalue weighted by Crippen LogP contribution is -2.51. The summed E-state index contributed by atoms with van der Waals surface area (Å²) < 4.78 is 26.3. The Balaban J connectivity index is 1.88. The predicted molar refractivity (Wildman–Crippen MR) is 162 cm³/mol. The summed E-state index contributed by atoms with van der Waals surface area (Å²) in [5, 5.41) is 3.94. The first-order chi connectivity index (χ1) is 19.0. The zero-order chi connectivity index (χ0) is 29.3. The Labute approximate surface area is 247 Å². The fraction of sp³-hybridized carbons (Fsp3) is 0.333. The van der Waals surface area contributed by atoms with Gasteiger partial charge in [0.05, 0.1) is 11.9 Å². The zero-order valence-corrected chi connectivity index (χ0v) is 25.2. The summed E-state index contributed by atoms with van der Waals surface area (Å²) in [4.78, 5) is 28.8. The molecule has 10 heteroatoms. The van der Waals surface area contributed by atoms with Crippen LogP contribution in [0, 0.1) is 0 Å². The normalized spacial score (nSPS) is 12.2. The smallest absolute Gasteiger partial charge is 0.243 e. The molecule has 0 saturated heterocycles. The lowest BCUT2D eigenvalue weighted by Gasteiger charge is -2.32. The molecule has 7 nitrogen and oxygen atoms in total. The van der Waals surface area contributed by atoms with Gasteiger partial charge in [-0.05, 0) is 61.7 Å². The first-order valence-electron chi connectivity index (χ1n) is 13.1. The van der Waals surface area contributed by atoms with Crippen LogP contribution in [0.5, 0.6) is 0 Å². The van der Waals surface area contributed by atoms with E-state index in [0.717, 1.165) is 11.8 Å². The van der Waals surface area contributed by atoms with E-state index in [2.05, 4.69) is 5.32 Å². The lowest BCUT2D eigenvalue weighted by molar-refractivity contribution is -0.141. The van der Waals surface area contributed by atoms with Gasteiger partial charge in [-0.1, -0.05) is 71.7 Å². The molecule has 0 spiro atoms. The van der Waals surface area contributed by atoms with Gasteiger partial charge in [-0.2, -0.15) is 0 Å². The highest BCUT2D eigenvalue weighted by Gasteiger charge is 2.31. The second-order valence-electron chi connectivity index (χ2n) is 9.90. The first-order valence-corrected chi connectivity index (χ1v) is 15.7. The molecule has 0 aliphatic heterocycles. The third kappa shape index (κ3) is 9.25. The van der Waals surface area contributed by atoms with Crippen molar-refractivity contribution in [3.8, 4) is 0 Å². The standard InChI is InChI=1S/C30H35Cl2N3O4S/c1-22(2)33-30(37)28(20-23-10-5-4-6-11-23)34(21-24-12-7-8-13-27(24)32)29(36)14-9-19-35(40(3,38)39)26-17-15-25(31)16-18-26/h4-8,10-13,15-18,22,28H,9,14,19-21H2,1-3H3,(H,33,37)/t28-/m1/s1. The summed E-state index contributed by atoms with van der Waals surface area (Å²) in [7, 11) is -3.60. The van der Waals surface area contributed by atoms with E-state index < -0.39 is 16.1 Å². The van der Waals surface area contributed by atoms with Crippen LogP contribution in [0.25, 0.3) is 0 Å². The predicted octanol–water partition coefficient (Wildman–Crippen LogP) is 5.70. The number of nitrogens with zero attached hydrogens (tertiary/aromatic N) is 2. The number of benzene rings is 3. The summed E-state index contributed by atoms with van der Waals surface area (Å²) >= 11 is 12.4. The number of hydrogen-bond acceptors (Lipinski definition) is 4. The number of sulfonamides is 1. The molecule has 1 atom stereocenters. The molecule has 3 aromatic rings. The molecule has 40 heavy (non-hydrogen) atoms. The minimum atomic E-state index is -3.60. The third-order valence-corrected chi connectivity index (χ3v) is 8.08. The van der Waals surface area contributed by atoms with Crippen molar-refractivity contribution >= 4 is 50.7 Å². The fourth-order valence-electron chi connectivity index (χ4n) is 4.36. The molecule has 0 saturated carbocycles. The Bertz CT molecular complexity index is 1380. The van der Waals surface area contributed by atoms with Gasteiger partial charge in [0.1, 0.15) is 6.04 Å². The lowest BCUT2D eigenvalue weighted by atomic mass is 10.0. The molecule has 0 radical (unpaired) electrons. The van der Waals surface area contributed by atoms with Gasteiger partial charge < -0.3 is 10.2 Å². The number of halogens is 2. The van der Waals surface area contributed by atoms with Crippen LogP contribution in [0.4, 0.5) is 5.69 Å².